The first-order valence-corrected chi connectivity index (χ1v) is 5.39. The first-order chi connectivity index (χ1) is 9.10. The number of nitrogens with zero attached hydrogens (tertiary/aromatic N) is 2. The van der Waals surface area contributed by atoms with E-state index in [4.69, 9.17) is 9.26 Å². The van der Waals surface area contributed by atoms with Gasteiger partial charge in [-0.25, -0.2) is 0 Å². The highest BCUT2D eigenvalue weighted by Gasteiger charge is 2.12. The first kappa shape index (κ1) is 12.7. The molecule has 1 aromatic heterocycles. The number of aldehydes is 1. The number of carbonyl (C=O) groups is 1. The quantitative estimate of drug-likeness (QED) is 0.466. The molecule has 0 aliphatic heterocycles. The van der Waals surface area contributed by atoms with E-state index in [1.807, 2.05) is 0 Å². The van der Waals surface area contributed by atoms with Gasteiger partial charge in [-0.15, -0.1) is 0 Å². The van der Waals surface area contributed by atoms with Gasteiger partial charge in [-0.3, -0.25) is 14.9 Å². The minimum atomic E-state index is -0.572. The number of aryl methyl sites for hydroxylation is 1. The van der Waals surface area contributed by atoms with Crippen molar-refractivity contribution in [2.75, 3.05) is 0 Å². The van der Waals surface area contributed by atoms with Gasteiger partial charge in [0, 0.05) is 18.2 Å². The predicted octanol–water partition coefficient (Wildman–Crippen LogP) is 2.28. The Morgan fingerprint density at radius 2 is 2.26 bits per heavy atom. The van der Waals surface area contributed by atoms with Crippen LogP contribution in [0.2, 0.25) is 0 Å². The van der Waals surface area contributed by atoms with E-state index in [9.17, 15) is 14.9 Å². The molecule has 0 aliphatic rings. The van der Waals surface area contributed by atoms with Crippen LogP contribution in [0.15, 0.2) is 28.8 Å². The van der Waals surface area contributed by atoms with Gasteiger partial charge in [0.05, 0.1) is 10.5 Å². The van der Waals surface area contributed by atoms with Crippen molar-refractivity contribution in [3.8, 4) is 5.75 Å². The minimum Gasteiger partial charge on any atom is -0.486 e. The van der Waals surface area contributed by atoms with Crippen molar-refractivity contribution in [2.45, 2.75) is 13.5 Å². The highest BCUT2D eigenvalue weighted by atomic mass is 16.6. The molecule has 1 aromatic carbocycles. The maximum absolute atomic E-state index is 10.9. The van der Waals surface area contributed by atoms with Crippen LogP contribution in [-0.4, -0.2) is 16.4 Å². The number of nitro groups is 1. The summed E-state index contributed by atoms with van der Waals surface area (Å²) in [6, 6.07) is 5.52. The number of hydrogen-bond donors (Lipinski definition) is 0. The van der Waals surface area contributed by atoms with Gasteiger partial charge in [0.2, 0.25) is 0 Å². The fourth-order valence-corrected chi connectivity index (χ4v) is 1.51. The van der Waals surface area contributed by atoms with Crippen molar-refractivity contribution in [1.82, 2.24) is 5.16 Å². The summed E-state index contributed by atoms with van der Waals surface area (Å²) in [5.74, 6) is 0.916. The van der Waals surface area contributed by atoms with Gasteiger partial charge in [-0.05, 0) is 13.0 Å². The van der Waals surface area contributed by atoms with Gasteiger partial charge >= 0.3 is 0 Å². The van der Waals surface area contributed by atoms with Crippen molar-refractivity contribution in [2.24, 2.45) is 0 Å². The normalized spacial score (nSPS) is 10.2. The number of aromatic nitrogens is 1. The second-order valence-corrected chi connectivity index (χ2v) is 3.81. The van der Waals surface area contributed by atoms with Crippen LogP contribution in [0.1, 0.15) is 21.8 Å². The summed E-state index contributed by atoms with van der Waals surface area (Å²) in [7, 11) is 0. The summed E-state index contributed by atoms with van der Waals surface area (Å²) in [4.78, 5) is 20.9. The number of carbonyl (C=O) groups excluding carboxylic acids is 1. The zero-order chi connectivity index (χ0) is 13.8. The lowest BCUT2D eigenvalue weighted by molar-refractivity contribution is -0.384. The van der Waals surface area contributed by atoms with Crippen LogP contribution in [0.5, 0.6) is 5.75 Å². The molecule has 0 saturated heterocycles. The van der Waals surface area contributed by atoms with Gasteiger partial charge in [0.15, 0.2) is 6.29 Å². The Morgan fingerprint density at radius 3 is 2.84 bits per heavy atom. The molecule has 19 heavy (non-hydrogen) atoms. The van der Waals surface area contributed by atoms with Crippen molar-refractivity contribution < 1.29 is 19.0 Å². The molecule has 2 aromatic rings. The SMILES string of the molecule is Cc1cc(COc2ccc([N+](=O)[O-])cc2C=O)no1. The standard InChI is InChI=1S/C12H10N2O5/c1-8-4-10(13-19-8)7-18-12-3-2-11(14(16)17)5-9(12)6-15/h2-6H,7H2,1H3. The van der Waals surface area contributed by atoms with Gasteiger partial charge in [-0.2, -0.15) is 0 Å². The molecule has 0 amide bonds. The third kappa shape index (κ3) is 2.95. The van der Waals surface area contributed by atoms with Crippen molar-refractivity contribution in [1.29, 1.82) is 0 Å². The number of rotatable bonds is 5. The van der Waals surface area contributed by atoms with E-state index in [2.05, 4.69) is 5.16 Å². The molecule has 0 spiro atoms. The van der Waals surface area contributed by atoms with Gasteiger partial charge in [0.25, 0.3) is 5.69 Å². The molecule has 2 rings (SSSR count). The Labute approximate surface area is 107 Å². The fraction of sp³-hybridized carbons (Fsp3) is 0.167. The zero-order valence-electron chi connectivity index (χ0n) is 10.0. The van der Waals surface area contributed by atoms with Crippen LogP contribution in [0.4, 0.5) is 5.69 Å². The summed E-state index contributed by atoms with van der Waals surface area (Å²) in [5, 5.41) is 14.3. The molecule has 1 heterocycles. The minimum absolute atomic E-state index is 0.120. The lowest BCUT2D eigenvalue weighted by atomic mass is 10.2. The molecule has 0 N–H and O–H groups in total. The molecule has 0 bridgehead atoms. The number of non-ortho nitro benzene ring substituents is 1. The molecule has 7 heteroatoms. The predicted molar refractivity (Wildman–Crippen MR) is 64.1 cm³/mol. The van der Waals surface area contributed by atoms with Crippen molar-refractivity contribution >= 4 is 12.0 Å². The van der Waals surface area contributed by atoms with Crippen LogP contribution in [0, 0.1) is 17.0 Å². The van der Waals surface area contributed by atoms with Crippen LogP contribution in [0.25, 0.3) is 0 Å². The number of benzene rings is 1. The molecule has 98 valence electrons. The smallest absolute Gasteiger partial charge is 0.270 e. The maximum atomic E-state index is 10.9. The summed E-state index contributed by atoms with van der Waals surface area (Å²) >= 11 is 0. The lowest BCUT2D eigenvalue weighted by Crippen LogP contribution is -1.99. The average Bonchev–Trinajstić information content (AvgIpc) is 2.81. The van der Waals surface area contributed by atoms with E-state index in [-0.39, 0.29) is 23.6 Å². The van der Waals surface area contributed by atoms with Gasteiger partial charge in [-0.1, -0.05) is 5.16 Å². The van der Waals surface area contributed by atoms with E-state index < -0.39 is 4.92 Å². The second kappa shape index (κ2) is 5.30. The Hall–Kier alpha value is -2.70. The zero-order valence-corrected chi connectivity index (χ0v) is 10.0. The third-order valence-electron chi connectivity index (χ3n) is 2.38. The highest BCUT2D eigenvalue weighted by molar-refractivity contribution is 5.80. The summed E-state index contributed by atoms with van der Waals surface area (Å²) in [6.07, 6.45) is 0.510. The Kier molecular flexibility index (Phi) is 3.56. The van der Waals surface area contributed by atoms with Crippen molar-refractivity contribution in [3.05, 3.63) is 51.4 Å². The highest BCUT2D eigenvalue weighted by Crippen LogP contribution is 2.23. The summed E-state index contributed by atoms with van der Waals surface area (Å²) < 4.78 is 10.3. The molecular weight excluding hydrogens is 252 g/mol. The second-order valence-electron chi connectivity index (χ2n) is 3.81. The summed E-state index contributed by atoms with van der Waals surface area (Å²) in [6.45, 7) is 1.87. The lowest BCUT2D eigenvalue weighted by Gasteiger charge is -2.06. The monoisotopic (exact) mass is 262 g/mol. The molecule has 7 nitrogen and oxygen atoms in total. The largest absolute Gasteiger partial charge is 0.486 e. The fourth-order valence-electron chi connectivity index (χ4n) is 1.51. The van der Waals surface area contributed by atoms with E-state index in [0.717, 1.165) is 6.07 Å². The molecule has 0 atom stereocenters. The molecule has 0 saturated carbocycles. The van der Waals surface area contributed by atoms with Crippen LogP contribution >= 0.6 is 0 Å². The number of nitro benzene ring substituents is 1. The number of ether oxygens (including phenoxy) is 1. The Morgan fingerprint density at radius 1 is 1.47 bits per heavy atom. The topological polar surface area (TPSA) is 95.5 Å². The molecular formula is C12H10N2O5. The van der Waals surface area contributed by atoms with Gasteiger partial charge < -0.3 is 9.26 Å². The Bertz CT molecular complexity index is 620. The molecule has 0 radical (unpaired) electrons. The van der Waals surface area contributed by atoms with Crippen LogP contribution in [-0.2, 0) is 6.61 Å². The van der Waals surface area contributed by atoms with Crippen molar-refractivity contribution in [3.63, 3.8) is 0 Å². The van der Waals surface area contributed by atoms with Crippen LogP contribution in [0.3, 0.4) is 0 Å². The van der Waals surface area contributed by atoms with E-state index in [1.54, 1.807) is 13.0 Å². The molecule has 0 unspecified atom stereocenters. The third-order valence-corrected chi connectivity index (χ3v) is 2.38. The molecule has 0 aliphatic carbocycles. The maximum Gasteiger partial charge on any atom is 0.270 e. The van der Waals surface area contributed by atoms with E-state index >= 15 is 0 Å². The first-order valence-electron chi connectivity index (χ1n) is 5.39. The van der Waals surface area contributed by atoms with E-state index in [0.29, 0.717) is 17.7 Å². The van der Waals surface area contributed by atoms with E-state index in [1.165, 1.54) is 12.1 Å². The van der Waals surface area contributed by atoms with Gasteiger partial charge in [0.1, 0.15) is 23.8 Å². The number of hydrogen-bond acceptors (Lipinski definition) is 6. The Balaban J connectivity index is 2.15. The molecule has 0 fully saturated rings. The van der Waals surface area contributed by atoms with Crippen LogP contribution < -0.4 is 4.74 Å². The summed E-state index contributed by atoms with van der Waals surface area (Å²) in [5.41, 5.74) is 0.536. The average molecular weight is 262 g/mol.